The molecule has 0 unspecified atom stereocenters. The van der Waals surface area contributed by atoms with Crippen LogP contribution in [0.4, 0.5) is 0 Å². The molecule has 11 aromatic rings. The average molecular weight is 647 g/mol. The van der Waals surface area contributed by atoms with E-state index in [1.807, 2.05) is 0 Å². The van der Waals surface area contributed by atoms with Crippen molar-refractivity contribution in [1.29, 1.82) is 0 Å². The Morgan fingerprint density at radius 3 is 1.69 bits per heavy atom. The quantitative estimate of drug-likeness (QED) is 0.138. The second-order valence-electron chi connectivity index (χ2n) is 13.5. The summed E-state index contributed by atoms with van der Waals surface area (Å²) >= 11 is 0. The van der Waals surface area contributed by atoms with Gasteiger partial charge in [0.1, 0.15) is 5.65 Å². The van der Waals surface area contributed by atoms with Crippen molar-refractivity contribution < 1.29 is 0 Å². The van der Waals surface area contributed by atoms with Crippen LogP contribution in [0, 0.1) is 0 Å². The molecule has 51 heavy (non-hydrogen) atoms. The van der Waals surface area contributed by atoms with E-state index in [2.05, 4.69) is 186 Å². The van der Waals surface area contributed by atoms with Gasteiger partial charge in [-0.15, -0.1) is 0 Å². The Labute approximate surface area is 294 Å². The number of pyridine rings is 1. The normalized spacial score (nSPS) is 11.9. The van der Waals surface area contributed by atoms with Gasteiger partial charge in [0.05, 0.1) is 16.6 Å². The Bertz CT molecular complexity index is 3140. The van der Waals surface area contributed by atoms with E-state index in [9.17, 15) is 0 Å². The average Bonchev–Trinajstić information content (AvgIpc) is 3.60. The topological polar surface area (TPSA) is 17.3 Å². The van der Waals surface area contributed by atoms with Crippen LogP contribution in [0.25, 0.3) is 104 Å². The van der Waals surface area contributed by atoms with Gasteiger partial charge in [0.25, 0.3) is 0 Å². The minimum atomic E-state index is 0.995. The molecule has 236 valence electrons. The molecule has 0 saturated carbocycles. The predicted molar refractivity (Wildman–Crippen MR) is 217 cm³/mol. The Kier molecular flexibility index (Phi) is 5.99. The molecule has 2 nitrogen and oxygen atoms in total. The number of hydrogen-bond acceptors (Lipinski definition) is 1. The summed E-state index contributed by atoms with van der Waals surface area (Å²) in [5.41, 5.74) is 11.7. The molecule has 0 atom stereocenters. The summed E-state index contributed by atoms with van der Waals surface area (Å²) in [5, 5.41) is 11.2. The van der Waals surface area contributed by atoms with Crippen LogP contribution < -0.4 is 0 Å². The van der Waals surface area contributed by atoms with Crippen LogP contribution in [0.1, 0.15) is 0 Å². The number of aromatic nitrogens is 2. The summed E-state index contributed by atoms with van der Waals surface area (Å²) in [6.45, 7) is 0. The first-order valence-corrected chi connectivity index (χ1v) is 17.6. The molecule has 0 spiro atoms. The lowest BCUT2D eigenvalue weighted by Crippen LogP contribution is -1.93. The van der Waals surface area contributed by atoms with Crippen molar-refractivity contribution in [1.82, 2.24) is 9.38 Å². The zero-order valence-corrected chi connectivity index (χ0v) is 27.7. The zero-order valence-electron chi connectivity index (χ0n) is 27.7. The number of fused-ring (bicyclic) bond motifs is 11. The van der Waals surface area contributed by atoms with Crippen molar-refractivity contribution in [2.45, 2.75) is 0 Å². The third-order valence-corrected chi connectivity index (χ3v) is 10.7. The molecule has 2 aromatic heterocycles. The Hall–Kier alpha value is -6.77. The molecule has 0 N–H and O–H groups in total. The largest absolute Gasteiger partial charge is 0.292 e. The summed E-state index contributed by atoms with van der Waals surface area (Å²) in [4.78, 5) is 5.12. The molecule has 0 aliphatic heterocycles. The van der Waals surface area contributed by atoms with Crippen molar-refractivity contribution in [2.75, 3.05) is 0 Å². The van der Waals surface area contributed by atoms with Crippen LogP contribution in [-0.2, 0) is 0 Å². The second-order valence-corrected chi connectivity index (χ2v) is 13.5. The highest BCUT2D eigenvalue weighted by atomic mass is 15.0. The maximum absolute atomic E-state index is 5.12. The van der Waals surface area contributed by atoms with E-state index in [0.717, 1.165) is 22.2 Å². The maximum atomic E-state index is 5.12. The zero-order chi connectivity index (χ0) is 33.5. The van der Waals surface area contributed by atoms with Gasteiger partial charge >= 0.3 is 0 Å². The summed E-state index contributed by atoms with van der Waals surface area (Å²) < 4.78 is 2.34. The number of rotatable bonds is 3. The predicted octanol–water partition coefficient (Wildman–Crippen LogP) is 13.3. The number of nitrogens with zero attached hydrogens (tertiary/aromatic N) is 2. The summed E-state index contributed by atoms with van der Waals surface area (Å²) in [6.07, 6.45) is 0. The lowest BCUT2D eigenvalue weighted by molar-refractivity contribution is 1.31. The SMILES string of the molecule is c1cc(-c2ccc3c4ccccc4c4nc5ccccc5n4c3c2)cc(-c2c3ccccc3c(-c3cccc4ccccc34)c3ccccc23)c1. The number of benzene rings is 9. The maximum Gasteiger partial charge on any atom is 0.146 e. The van der Waals surface area contributed by atoms with Gasteiger partial charge in [-0.1, -0.05) is 158 Å². The number of hydrogen-bond donors (Lipinski definition) is 0. The highest BCUT2D eigenvalue weighted by Gasteiger charge is 2.19. The molecule has 11 rings (SSSR count). The fourth-order valence-electron chi connectivity index (χ4n) is 8.51. The van der Waals surface area contributed by atoms with E-state index in [-0.39, 0.29) is 0 Å². The van der Waals surface area contributed by atoms with Crippen molar-refractivity contribution in [3.63, 3.8) is 0 Å². The van der Waals surface area contributed by atoms with Crippen molar-refractivity contribution in [3.8, 4) is 33.4 Å². The van der Waals surface area contributed by atoms with E-state index < -0.39 is 0 Å². The highest BCUT2D eigenvalue weighted by Crippen LogP contribution is 2.46. The van der Waals surface area contributed by atoms with Gasteiger partial charge in [0.2, 0.25) is 0 Å². The minimum Gasteiger partial charge on any atom is -0.292 e. The third kappa shape index (κ3) is 4.14. The van der Waals surface area contributed by atoms with E-state index >= 15 is 0 Å². The molecule has 0 bridgehead atoms. The first-order chi connectivity index (χ1) is 25.3. The lowest BCUT2D eigenvalue weighted by Gasteiger charge is -2.19. The van der Waals surface area contributed by atoms with Crippen LogP contribution in [0.3, 0.4) is 0 Å². The van der Waals surface area contributed by atoms with Crippen molar-refractivity contribution >= 4 is 70.7 Å². The molecule has 0 fully saturated rings. The van der Waals surface area contributed by atoms with Gasteiger partial charge in [0, 0.05) is 10.8 Å². The van der Waals surface area contributed by atoms with Gasteiger partial charge < -0.3 is 0 Å². The molecule has 0 radical (unpaired) electrons. The summed E-state index contributed by atoms with van der Waals surface area (Å²) in [6, 6.07) is 66.3. The lowest BCUT2D eigenvalue weighted by atomic mass is 9.84. The second kappa shape index (κ2) is 10.9. The molecule has 2 heterocycles. The van der Waals surface area contributed by atoms with Crippen LogP contribution in [0.5, 0.6) is 0 Å². The number of para-hydroxylation sites is 2. The molecule has 9 aromatic carbocycles. The van der Waals surface area contributed by atoms with Crippen molar-refractivity contribution in [3.05, 3.63) is 182 Å². The highest BCUT2D eigenvalue weighted by molar-refractivity contribution is 6.23. The molecular formula is C49H30N2. The van der Waals surface area contributed by atoms with Gasteiger partial charge in [-0.05, 0) is 95.3 Å². The number of imidazole rings is 1. The van der Waals surface area contributed by atoms with E-state index in [1.54, 1.807) is 0 Å². The third-order valence-electron chi connectivity index (χ3n) is 10.7. The first kappa shape index (κ1) is 28.1. The molecule has 0 saturated heterocycles. The molecule has 0 aliphatic carbocycles. The van der Waals surface area contributed by atoms with Crippen LogP contribution in [0.15, 0.2) is 182 Å². The van der Waals surface area contributed by atoms with E-state index in [0.29, 0.717) is 0 Å². The van der Waals surface area contributed by atoms with Gasteiger partial charge in [0.15, 0.2) is 0 Å². The smallest absolute Gasteiger partial charge is 0.146 e. The van der Waals surface area contributed by atoms with Crippen LogP contribution >= 0.6 is 0 Å². The summed E-state index contributed by atoms with van der Waals surface area (Å²) in [7, 11) is 0. The standard InChI is InChI=1S/C49H30N2/c1-2-17-35-31(13-1)14-12-24-38(35)48-41-21-6-4-19-39(41)47(40-20-5-7-22-42(40)48)34-16-11-15-32(29-34)33-27-28-37-36-18-3-8-23-43(36)49-50-44-25-9-10-26-45(44)51(49)46(37)30-33/h1-30H. The summed E-state index contributed by atoms with van der Waals surface area (Å²) in [5.74, 6) is 0. The first-order valence-electron chi connectivity index (χ1n) is 17.6. The molecule has 0 amide bonds. The Morgan fingerprint density at radius 2 is 0.902 bits per heavy atom. The monoisotopic (exact) mass is 646 g/mol. The van der Waals surface area contributed by atoms with E-state index in [1.165, 1.54) is 81.9 Å². The van der Waals surface area contributed by atoms with Crippen molar-refractivity contribution in [2.24, 2.45) is 0 Å². The molecule has 0 aliphatic rings. The van der Waals surface area contributed by atoms with Crippen LogP contribution in [0.2, 0.25) is 0 Å². The molecular weight excluding hydrogens is 617 g/mol. The van der Waals surface area contributed by atoms with Gasteiger partial charge in [-0.25, -0.2) is 4.98 Å². The van der Waals surface area contributed by atoms with Gasteiger partial charge in [-0.2, -0.15) is 0 Å². The minimum absolute atomic E-state index is 0.995. The van der Waals surface area contributed by atoms with Crippen LogP contribution in [-0.4, -0.2) is 9.38 Å². The van der Waals surface area contributed by atoms with Gasteiger partial charge in [-0.3, -0.25) is 4.40 Å². The fraction of sp³-hybridized carbons (Fsp3) is 0. The fourth-order valence-corrected chi connectivity index (χ4v) is 8.51. The Balaban J connectivity index is 1.17. The molecule has 2 heteroatoms. The van der Waals surface area contributed by atoms with E-state index in [4.69, 9.17) is 4.98 Å². The Morgan fingerprint density at radius 1 is 0.333 bits per heavy atom.